The highest BCUT2D eigenvalue weighted by Gasteiger charge is 2.23. The molecule has 0 aliphatic rings. The number of carbonyl (C=O) groups is 1. The lowest BCUT2D eigenvalue weighted by molar-refractivity contribution is -0.870. The number of hydrogen-bond acceptors (Lipinski definition) is 6. The molecule has 8 nitrogen and oxygen atoms in total. The fraction of sp³-hybridized carbons (Fsp3) is 0.720. The average molecular weight is 1190 g/mol. The van der Waals surface area contributed by atoms with Crippen molar-refractivity contribution in [2.45, 2.75) is 309 Å². The quantitative estimate of drug-likeness (QED) is 0.0272. The lowest BCUT2D eigenvalue weighted by atomic mass is 10.0. The number of phosphoric acid groups is 1. The van der Waals surface area contributed by atoms with E-state index >= 15 is 0 Å². The standard InChI is InChI=1S/C75H133N2O6P/c1-6-8-10-12-14-16-18-20-22-24-26-28-30-32-34-35-36-37-38-39-40-41-43-45-47-49-51-53-55-57-59-61-63-65-67-69-75(79)76-73(72-83-84(80,81)82-71-70-77(3,4)5)74(78)68-66-64-62-60-58-56-54-52-50-48-46-44-42-33-31-29-27-25-23-21-19-17-15-13-11-9-7-2/h8,10,14,16,20,22,26,28,32,34,36-37,39-40,43,45,49,51,66,68,73-74,78H,6-7,9,11-13,15,17-19,21,23-25,27,29-31,33,35,38,41-42,44,46-48,50,52-65,67,69-72H2,1-5H3,(H-,76,79,80,81)/b10-8-,16-14-,22-20-,28-26-,34-32-,37-36-,40-39-,45-43-,51-49-,68-66+. The molecule has 84 heavy (non-hydrogen) atoms. The molecular formula is C75H133N2O6P. The van der Waals surface area contributed by atoms with E-state index < -0.39 is 26.6 Å². The minimum absolute atomic E-state index is 0.00890. The van der Waals surface area contributed by atoms with E-state index in [4.69, 9.17) is 9.05 Å². The van der Waals surface area contributed by atoms with Crippen molar-refractivity contribution >= 4 is 13.7 Å². The average Bonchev–Trinajstić information content (AvgIpc) is 3.56. The van der Waals surface area contributed by atoms with Gasteiger partial charge in [0.25, 0.3) is 7.82 Å². The number of aliphatic hydroxyl groups excluding tert-OH is 1. The Hall–Kier alpha value is -3.10. The predicted molar refractivity (Wildman–Crippen MR) is 366 cm³/mol. The van der Waals surface area contributed by atoms with Crippen LogP contribution in [0, 0.1) is 0 Å². The number of hydrogen-bond donors (Lipinski definition) is 2. The number of rotatable bonds is 63. The Bertz CT molecular complexity index is 1780. The number of likely N-dealkylation sites (N-methyl/N-ethyl adjacent to an activating group) is 1. The van der Waals surface area contributed by atoms with Crippen molar-refractivity contribution in [3.8, 4) is 0 Å². The van der Waals surface area contributed by atoms with Crippen LogP contribution in [0.1, 0.15) is 296 Å². The van der Waals surface area contributed by atoms with Gasteiger partial charge in [-0.2, -0.15) is 0 Å². The van der Waals surface area contributed by atoms with Crippen LogP contribution in [-0.2, 0) is 18.4 Å². The third-order valence-electron chi connectivity index (χ3n) is 15.2. The first-order valence-electron chi connectivity index (χ1n) is 34.9. The van der Waals surface area contributed by atoms with Crippen LogP contribution < -0.4 is 10.2 Å². The summed E-state index contributed by atoms with van der Waals surface area (Å²) in [5.41, 5.74) is 0. The summed E-state index contributed by atoms with van der Waals surface area (Å²) in [5, 5.41) is 14.0. The summed E-state index contributed by atoms with van der Waals surface area (Å²) in [7, 11) is 1.24. The van der Waals surface area contributed by atoms with Crippen LogP contribution in [0.4, 0.5) is 0 Å². The van der Waals surface area contributed by atoms with E-state index in [0.717, 1.165) is 109 Å². The minimum Gasteiger partial charge on any atom is -0.756 e. The second-order valence-electron chi connectivity index (χ2n) is 24.5. The molecule has 2 N–H and O–H groups in total. The van der Waals surface area contributed by atoms with Crippen molar-refractivity contribution in [2.24, 2.45) is 0 Å². The molecule has 0 bridgehead atoms. The van der Waals surface area contributed by atoms with Gasteiger partial charge in [-0.05, 0) is 89.9 Å². The third-order valence-corrected chi connectivity index (χ3v) is 16.1. The SMILES string of the molecule is CC/C=C\C/C=C\C/C=C\C/C=C\C/C=C\C/C=C\C/C=C\C/C=C\C/C=C\CCCCCCCCCC(=O)NC(COP(=O)([O-])OCC[N+](C)(C)C)C(O)/C=C/CCCCCCCCCCCCCCCCCCCCCCCCCCC. The minimum atomic E-state index is -4.62. The van der Waals surface area contributed by atoms with E-state index in [1.54, 1.807) is 6.08 Å². The van der Waals surface area contributed by atoms with Crippen molar-refractivity contribution < 1.29 is 32.9 Å². The second kappa shape index (κ2) is 64.4. The van der Waals surface area contributed by atoms with Gasteiger partial charge in [0.15, 0.2) is 0 Å². The first-order valence-corrected chi connectivity index (χ1v) is 36.4. The van der Waals surface area contributed by atoms with Crippen LogP contribution in [0.15, 0.2) is 122 Å². The zero-order valence-electron chi connectivity index (χ0n) is 55.3. The maximum atomic E-state index is 13.0. The number of amides is 1. The number of allylic oxidation sites excluding steroid dienone is 19. The van der Waals surface area contributed by atoms with Crippen LogP contribution in [-0.4, -0.2) is 68.5 Å². The lowest BCUT2D eigenvalue weighted by Crippen LogP contribution is -2.45. The molecule has 0 saturated carbocycles. The zero-order valence-corrected chi connectivity index (χ0v) is 56.2. The Morgan fingerprint density at radius 1 is 0.429 bits per heavy atom. The Morgan fingerprint density at radius 3 is 1.06 bits per heavy atom. The van der Waals surface area contributed by atoms with Crippen LogP contribution >= 0.6 is 7.82 Å². The number of nitrogens with one attached hydrogen (secondary N) is 1. The monoisotopic (exact) mass is 1190 g/mol. The van der Waals surface area contributed by atoms with Crippen LogP contribution in [0.25, 0.3) is 0 Å². The summed E-state index contributed by atoms with van der Waals surface area (Å²) >= 11 is 0. The molecular weight excluding hydrogens is 1060 g/mol. The molecule has 484 valence electrons. The summed E-state index contributed by atoms with van der Waals surface area (Å²) in [5.74, 6) is -0.210. The molecule has 0 heterocycles. The van der Waals surface area contributed by atoms with E-state index in [2.05, 4.69) is 129 Å². The second-order valence-corrected chi connectivity index (χ2v) is 25.9. The predicted octanol–water partition coefficient (Wildman–Crippen LogP) is 21.8. The Kier molecular flexibility index (Phi) is 62.0. The Morgan fingerprint density at radius 2 is 0.726 bits per heavy atom. The summed E-state index contributed by atoms with van der Waals surface area (Å²) in [6, 6.07) is -0.903. The maximum absolute atomic E-state index is 13.0. The normalized spacial score (nSPS) is 14.4. The van der Waals surface area contributed by atoms with Gasteiger partial charge in [0.2, 0.25) is 5.91 Å². The Labute approximate surface area is 520 Å². The summed E-state index contributed by atoms with van der Waals surface area (Å²) < 4.78 is 23.5. The first-order chi connectivity index (χ1) is 41.0. The lowest BCUT2D eigenvalue weighted by Gasteiger charge is -2.29. The third kappa shape index (κ3) is 66.4. The van der Waals surface area contributed by atoms with E-state index in [9.17, 15) is 19.4 Å². The molecule has 0 aromatic rings. The van der Waals surface area contributed by atoms with E-state index in [1.807, 2.05) is 27.2 Å². The molecule has 0 radical (unpaired) electrons. The number of carbonyl (C=O) groups excluding carboxylic acids is 1. The zero-order chi connectivity index (χ0) is 61.2. The summed E-state index contributed by atoms with van der Waals surface area (Å²) in [6.45, 7) is 4.55. The van der Waals surface area contributed by atoms with Crippen LogP contribution in [0.2, 0.25) is 0 Å². The summed E-state index contributed by atoms with van der Waals surface area (Å²) in [6.07, 6.45) is 95.9. The number of nitrogens with zero attached hydrogens (tertiary/aromatic N) is 1. The fourth-order valence-corrected chi connectivity index (χ4v) is 10.5. The topological polar surface area (TPSA) is 108 Å². The van der Waals surface area contributed by atoms with Crippen LogP contribution in [0.5, 0.6) is 0 Å². The highest BCUT2D eigenvalue weighted by atomic mass is 31.2. The van der Waals surface area contributed by atoms with Gasteiger partial charge in [-0.1, -0.05) is 322 Å². The number of unbranched alkanes of at least 4 members (excludes halogenated alkanes) is 32. The molecule has 3 atom stereocenters. The molecule has 0 spiro atoms. The molecule has 0 aliphatic heterocycles. The van der Waals surface area contributed by atoms with Gasteiger partial charge in [-0.15, -0.1) is 0 Å². The van der Waals surface area contributed by atoms with Crippen LogP contribution in [0.3, 0.4) is 0 Å². The smallest absolute Gasteiger partial charge is 0.268 e. The highest BCUT2D eigenvalue weighted by Crippen LogP contribution is 2.38. The van der Waals surface area contributed by atoms with Crippen molar-refractivity contribution in [3.05, 3.63) is 122 Å². The fourth-order valence-electron chi connectivity index (χ4n) is 9.80. The molecule has 1 amide bonds. The van der Waals surface area contributed by atoms with Crippen molar-refractivity contribution in [1.29, 1.82) is 0 Å². The first kappa shape index (κ1) is 80.9. The molecule has 0 rings (SSSR count). The molecule has 3 unspecified atom stereocenters. The van der Waals surface area contributed by atoms with Gasteiger partial charge in [-0.25, -0.2) is 0 Å². The van der Waals surface area contributed by atoms with Crippen molar-refractivity contribution in [1.82, 2.24) is 5.32 Å². The molecule has 9 heteroatoms. The number of aliphatic hydroxyl groups is 1. The van der Waals surface area contributed by atoms with Crippen molar-refractivity contribution in [3.63, 3.8) is 0 Å². The molecule has 0 aliphatic carbocycles. The van der Waals surface area contributed by atoms with Gasteiger partial charge >= 0.3 is 0 Å². The molecule has 0 aromatic heterocycles. The van der Waals surface area contributed by atoms with Gasteiger partial charge < -0.3 is 28.8 Å². The van der Waals surface area contributed by atoms with E-state index in [1.165, 1.54) is 167 Å². The van der Waals surface area contributed by atoms with Crippen molar-refractivity contribution in [2.75, 3.05) is 40.9 Å². The van der Waals surface area contributed by atoms with Gasteiger partial charge in [-0.3, -0.25) is 9.36 Å². The molecule has 0 aromatic carbocycles. The molecule has 0 fully saturated rings. The number of quaternary nitrogens is 1. The van der Waals surface area contributed by atoms with Gasteiger partial charge in [0.1, 0.15) is 13.2 Å². The Balaban J connectivity index is 4.17. The van der Waals surface area contributed by atoms with Gasteiger partial charge in [0, 0.05) is 6.42 Å². The largest absolute Gasteiger partial charge is 0.756 e. The summed E-state index contributed by atoms with van der Waals surface area (Å²) in [4.78, 5) is 25.6. The van der Waals surface area contributed by atoms with Gasteiger partial charge in [0.05, 0.1) is 39.9 Å². The van der Waals surface area contributed by atoms with E-state index in [0.29, 0.717) is 17.4 Å². The highest BCUT2D eigenvalue weighted by molar-refractivity contribution is 7.45. The number of phosphoric ester groups is 1. The maximum Gasteiger partial charge on any atom is 0.268 e. The van der Waals surface area contributed by atoms with E-state index in [-0.39, 0.29) is 12.5 Å². The molecule has 0 saturated heterocycles.